The Labute approximate surface area is 107 Å². The molecule has 88 valence electrons. The number of ether oxygens (including phenoxy) is 1. The van der Waals surface area contributed by atoms with Crippen LogP contribution in [0, 0.1) is 17.1 Å². The molecule has 0 fully saturated rings. The molecule has 0 atom stereocenters. The van der Waals surface area contributed by atoms with Crippen molar-refractivity contribution in [1.29, 1.82) is 5.26 Å². The first-order chi connectivity index (χ1) is 8.08. The summed E-state index contributed by atoms with van der Waals surface area (Å²) in [7, 11) is 0. The van der Waals surface area contributed by atoms with Gasteiger partial charge in [-0.15, -0.1) is 0 Å². The number of rotatable bonds is 3. The van der Waals surface area contributed by atoms with Crippen LogP contribution in [0.4, 0.5) is 4.39 Å². The van der Waals surface area contributed by atoms with E-state index in [1.54, 1.807) is 13.0 Å². The van der Waals surface area contributed by atoms with E-state index in [0.717, 1.165) is 0 Å². The average Bonchev–Trinajstić information content (AvgIpc) is 2.30. The molecule has 0 saturated heterocycles. The Morgan fingerprint density at radius 3 is 2.94 bits per heavy atom. The standard InChI is InChI=1S/C12H9BrFNO2/c1-2-17-12(16)9(7-15)5-8-6-10(14)3-4-11(8)13/h3-6H,2H2,1H3. The Morgan fingerprint density at radius 1 is 1.65 bits per heavy atom. The first-order valence-electron chi connectivity index (χ1n) is 4.82. The monoisotopic (exact) mass is 297 g/mol. The molecule has 1 aromatic rings. The normalized spacial score (nSPS) is 10.8. The van der Waals surface area contributed by atoms with Gasteiger partial charge in [0.2, 0.25) is 0 Å². The fraction of sp³-hybridized carbons (Fsp3) is 0.167. The summed E-state index contributed by atoms with van der Waals surface area (Å²) in [5.74, 6) is -1.16. The van der Waals surface area contributed by atoms with Crippen molar-refractivity contribution >= 4 is 28.0 Å². The van der Waals surface area contributed by atoms with Crippen molar-refractivity contribution in [2.45, 2.75) is 6.92 Å². The third-order valence-electron chi connectivity index (χ3n) is 1.87. The summed E-state index contributed by atoms with van der Waals surface area (Å²) in [6.07, 6.45) is 1.28. The Bertz CT molecular complexity index is 506. The number of esters is 1. The predicted octanol–water partition coefficient (Wildman–Crippen LogP) is 3.06. The van der Waals surface area contributed by atoms with Crippen molar-refractivity contribution in [2.75, 3.05) is 6.61 Å². The highest BCUT2D eigenvalue weighted by atomic mass is 79.9. The van der Waals surface area contributed by atoms with Gasteiger partial charge in [-0.1, -0.05) is 15.9 Å². The summed E-state index contributed by atoms with van der Waals surface area (Å²) in [4.78, 5) is 11.4. The number of nitriles is 1. The van der Waals surface area contributed by atoms with Gasteiger partial charge in [0.25, 0.3) is 0 Å². The van der Waals surface area contributed by atoms with E-state index in [4.69, 9.17) is 10.00 Å². The minimum atomic E-state index is -0.717. The molecule has 0 bridgehead atoms. The number of hydrogen-bond acceptors (Lipinski definition) is 3. The van der Waals surface area contributed by atoms with Crippen LogP contribution < -0.4 is 0 Å². The Balaban J connectivity index is 3.11. The van der Waals surface area contributed by atoms with E-state index < -0.39 is 11.8 Å². The highest BCUT2D eigenvalue weighted by Gasteiger charge is 2.11. The zero-order valence-electron chi connectivity index (χ0n) is 9.04. The van der Waals surface area contributed by atoms with Crippen LogP contribution in [0.25, 0.3) is 6.08 Å². The van der Waals surface area contributed by atoms with Crippen LogP contribution in [0.15, 0.2) is 28.2 Å². The second-order valence-electron chi connectivity index (χ2n) is 3.06. The van der Waals surface area contributed by atoms with E-state index in [1.807, 2.05) is 0 Å². The molecule has 0 N–H and O–H groups in total. The van der Waals surface area contributed by atoms with E-state index >= 15 is 0 Å². The molecule has 0 aromatic heterocycles. The van der Waals surface area contributed by atoms with Crippen LogP contribution in [0.5, 0.6) is 0 Å². The fourth-order valence-corrected chi connectivity index (χ4v) is 1.49. The van der Waals surface area contributed by atoms with Gasteiger partial charge in [0.05, 0.1) is 6.61 Å². The first kappa shape index (κ1) is 13.4. The van der Waals surface area contributed by atoms with Crippen molar-refractivity contribution in [2.24, 2.45) is 0 Å². The van der Waals surface area contributed by atoms with E-state index in [0.29, 0.717) is 10.0 Å². The maximum absolute atomic E-state index is 13.0. The Kier molecular flexibility index (Phi) is 4.85. The lowest BCUT2D eigenvalue weighted by Crippen LogP contribution is -2.06. The molecule has 0 spiro atoms. The first-order valence-corrected chi connectivity index (χ1v) is 5.61. The molecule has 0 radical (unpaired) electrons. The number of benzene rings is 1. The number of carbonyl (C=O) groups is 1. The van der Waals surface area contributed by atoms with Crippen LogP contribution in [0.3, 0.4) is 0 Å². The maximum Gasteiger partial charge on any atom is 0.348 e. The molecule has 1 rings (SSSR count). The third-order valence-corrected chi connectivity index (χ3v) is 2.60. The highest BCUT2D eigenvalue weighted by molar-refractivity contribution is 9.10. The Morgan fingerprint density at radius 2 is 2.35 bits per heavy atom. The number of hydrogen-bond donors (Lipinski definition) is 0. The summed E-state index contributed by atoms with van der Waals surface area (Å²) < 4.78 is 18.3. The molecule has 0 aliphatic carbocycles. The van der Waals surface area contributed by atoms with Gasteiger partial charge in [0, 0.05) is 4.47 Å². The SMILES string of the molecule is CCOC(=O)C(C#N)=Cc1cc(F)ccc1Br. The number of carbonyl (C=O) groups excluding carboxylic acids is 1. The van der Waals surface area contributed by atoms with E-state index in [-0.39, 0.29) is 12.2 Å². The van der Waals surface area contributed by atoms with Crippen molar-refractivity contribution in [3.05, 3.63) is 39.6 Å². The van der Waals surface area contributed by atoms with Gasteiger partial charge in [0.1, 0.15) is 17.5 Å². The van der Waals surface area contributed by atoms with E-state index in [2.05, 4.69) is 15.9 Å². The molecule has 0 saturated carbocycles. The van der Waals surface area contributed by atoms with Gasteiger partial charge >= 0.3 is 5.97 Å². The zero-order chi connectivity index (χ0) is 12.8. The minimum absolute atomic E-state index is 0.168. The maximum atomic E-state index is 13.0. The lowest BCUT2D eigenvalue weighted by molar-refractivity contribution is -0.137. The van der Waals surface area contributed by atoms with Crippen LogP contribution in [-0.2, 0) is 9.53 Å². The number of halogens is 2. The Hall–Kier alpha value is -1.67. The van der Waals surface area contributed by atoms with Crippen molar-refractivity contribution in [1.82, 2.24) is 0 Å². The summed E-state index contributed by atoms with van der Waals surface area (Å²) in [6.45, 7) is 1.83. The van der Waals surface area contributed by atoms with Gasteiger partial charge in [-0.25, -0.2) is 9.18 Å². The summed E-state index contributed by atoms with van der Waals surface area (Å²) in [5.41, 5.74) is 0.243. The lowest BCUT2D eigenvalue weighted by Gasteiger charge is -2.01. The molecule has 0 unspecified atom stereocenters. The zero-order valence-corrected chi connectivity index (χ0v) is 10.6. The van der Waals surface area contributed by atoms with Gasteiger partial charge < -0.3 is 4.74 Å². The van der Waals surface area contributed by atoms with Gasteiger partial charge in [-0.05, 0) is 36.8 Å². The third kappa shape index (κ3) is 3.68. The second-order valence-corrected chi connectivity index (χ2v) is 3.91. The predicted molar refractivity (Wildman–Crippen MR) is 64.3 cm³/mol. The second kappa shape index (κ2) is 6.16. The molecule has 0 heterocycles. The molecular formula is C12H9BrFNO2. The largest absolute Gasteiger partial charge is 0.462 e. The topological polar surface area (TPSA) is 50.1 Å². The van der Waals surface area contributed by atoms with Gasteiger partial charge in [-0.2, -0.15) is 5.26 Å². The molecule has 5 heteroatoms. The van der Waals surface area contributed by atoms with Crippen LogP contribution in [0.1, 0.15) is 12.5 Å². The molecule has 3 nitrogen and oxygen atoms in total. The quantitative estimate of drug-likeness (QED) is 0.489. The average molecular weight is 298 g/mol. The van der Waals surface area contributed by atoms with Gasteiger partial charge in [0.15, 0.2) is 0 Å². The fourth-order valence-electron chi connectivity index (χ4n) is 1.13. The van der Waals surface area contributed by atoms with Crippen LogP contribution >= 0.6 is 15.9 Å². The summed E-state index contributed by atoms with van der Waals surface area (Å²) in [5, 5.41) is 8.82. The lowest BCUT2D eigenvalue weighted by atomic mass is 10.1. The minimum Gasteiger partial charge on any atom is -0.462 e. The molecule has 0 aliphatic rings. The molecular weight excluding hydrogens is 289 g/mol. The van der Waals surface area contributed by atoms with E-state index in [9.17, 15) is 9.18 Å². The molecule has 17 heavy (non-hydrogen) atoms. The van der Waals surface area contributed by atoms with Crippen LogP contribution in [0.2, 0.25) is 0 Å². The van der Waals surface area contributed by atoms with Crippen molar-refractivity contribution < 1.29 is 13.9 Å². The van der Waals surface area contributed by atoms with Crippen molar-refractivity contribution in [3.8, 4) is 6.07 Å². The highest BCUT2D eigenvalue weighted by Crippen LogP contribution is 2.20. The van der Waals surface area contributed by atoms with Gasteiger partial charge in [-0.3, -0.25) is 0 Å². The van der Waals surface area contributed by atoms with E-state index in [1.165, 1.54) is 24.3 Å². The van der Waals surface area contributed by atoms with Crippen LogP contribution in [-0.4, -0.2) is 12.6 Å². The molecule has 0 aliphatic heterocycles. The molecule has 1 aromatic carbocycles. The van der Waals surface area contributed by atoms with Crippen molar-refractivity contribution in [3.63, 3.8) is 0 Å². The summed E-state index contributed by atoms with van der Waals surface area (Å²) in [6, 6.07) is 5.72. The smallest absolute Gasteiger partial charge is 0.348 e. The number of nitrogens with zero attached hydrogens (tertiary/aromatic N) is 1. The summed E-state index contributed by atoms with van der Waals surface area (Å²) >= 11 is 3.20. The molecule has 0 amide bonds.